The van der Waals surface area contributed by atoms with Crippen LogP contribution in [-0.2, 0) is 0 Å². The van der Waals surface area contributed by atoms with Gasteiger partial charge >= 0.3 is 0 Å². The van der Waals surface area contributed by atoms with Crippen LogP contribution in [0, 0.1) is 20.8 Å². The average Bonchev–Trinajstić information content (AvgIpc) is 2.82. The summed E-state index contributed by atoms with van der Waals surface area (Å²) in [6.45, 7) is 5.25. The maximum Gasteiger partial charge on any atom is 0.208 e. The van der Waals surface area contributed by atoms with Crippen molar-refractivity contribution in [3.05, 3.63) is 38.4 Å². The quantitative estimate of drug-likeness (QED) is 0.620. The predicted octanol–water partition coefficient (Wildman–Crippen LogP) is 2.70. The van der Waals surface area contributed by atoms with Gasteiger partial charge < -0.3 is 4.52 Å². The number of hydrogen-bond donors (Lipinski definition) is 0. The molecule has 0 unspecified atom stereocenters. The van der Waals surface area contributed by atoms with Gasteiger partial charge in [-0.1, -0.05) is 5.16 Å². The zero-order valence-electron chi connectivity index (χ0n) is 9.73. The highest BCUT2D eigenvalue weighted by Crippen LogP contribution is 2.25. The first-order valence-corrected chi connectivity index (χ1v) is 5.89. The van der Waals surface area contributed by atoms with Gasteiger partial charge in [0, 0.05) is 10.4 Å². The molecule has 17 heavy (non-hydrogen) atoms. The summed E-state index contributed by atoms with van der Waals surface area (Å²) in [5.74, 6) is 0.369. The third-order valence-electron chi connectivity index (χ3n) is 2.57. The summed E-state index contributed by atoms with van der Waals surface area (Å²) in [6.07, 6.45) is 0.760. The van der Waals surface area contributed by atoms with E-state index in [1.54, 1.807) is 19.9 Å². The maximum absolute atomic E-state index is 12.2. The summed E-state index contributed by atoms with van der Waals surface area (Å²) in [6, 6.07) is 1.61. The Labute approximate surface area is 102 Å². The fourth-order valence-electron chi connectivity index (χ4n) is 1.66. The van der Waals surface area contributed by atoms with Crippen molar-refractivity contribution in [1.82, 2.24) is 5.16 Å². The van der Waals surface area contributed by atoms with E-state index in [2.05, 4.69) is 5.16 Å². The van der Waals surface area contributed by atoms with E-state index in [0.29, 0.717) is 27.5 Å². The van der Waals surface area contributed by atoms with Gasteiger partial charge in [0.25, 0.3) is 0 Å². The van der Waals surface area contributed by atoms with Crippen molar-refractivity contribution in [3.63, 3.8) is 0 Å². The number of aryl methyl sites for hydroxylation is 3. The van der Waals surface area contributed by atoms with Crippen molar-refractivity contribution in [3.8, 4) is 0 Å². The molecule has 0 saturated heterocycles. The molecule has 4 nitrogen and oxygen atoms in total. The van der Waals surface area contributed by atoms with Crippen molar-refractivity contribution in [2.75, 3.05) is 0 Å². The highest BCUT2D eigenvalue weighted by Gasteiger charge is 2.21. The maximum atomic E-state index is 12.2. The third-order valence-corrected chi connectivity index (χ3v) is 3.63. The van der Waals surface area contributed by atoms with Crippen LogP contribution >= 0.6 is 11.3 Å². The summed E-state index contributed by atoms with van der Waals surface area (Å²) in [5.41, 5.74) is 1.63. The Kier molecular flexibility index (Phi) is 2.93. The summed E-state index contributed by atoms with van der Waals surface area (Å²) in [5, 5.41) is 3.75. The number of aldehydes is 1. The van der Waals surface area contributed by atoms with Crippen molar-refractivity contribution in [2.45, 2.75) is 20.8 Å². The lowest BCUT2D eigenvalue weighted by atomic mass is 10.1. The third kappa shape index (κ3) is 1.93. The first-order chi connectivity index (χ1) is 8.04. The summed E-state index contributed by atoms with van der Waals surface area (Å²) < 4.78 is 4.97. The largest absolute Gasteiger partial charge is 0.361 e. The molecular weight excluding hydrogens is 238 g/mol. The molecule has 0 saturated carbocycles. The topological polar surface area (TPSA) is 60.2 Å². The first-order valence-electron chi connectivity index (χ1n) is 5.07. The number of ketones is 1. The molecule has 0 N–H and O–H groups in total. The second kappa shape index (κ2) is 4.25. The van der Waals surface area contributed by atoms with Gasteiger partial charge in [0.05, 0.1) is 16.1 Å². The molecule has 0 radical (unpaired) electrons. The van der Waals surface area contributed by atoms with Crippen LogP contribution in [0.25, 0.3) is 0 Å². The van der Waals surface area contributed by atoms with Crippen LogP contribution in [0.2, 0.25) is 0 Å². The number of thiophene rings is 1. The molecule has 0 aliphatic heterocycles. The molecule has 88 valence electrons. The highest BCUT2D eigenvalue weighted by molar-refractivity contribution is 7.14. The Morgan fingerprint density at radius 2 is 2.12 bits per heavy atom. The molecular formula is C12H11NO3S. The van der Waals surface area contributed by atoms with Crippen LogP contribution in [0.5, 0.6) is 0 Å². The van der Waals surface area contributed by atoms with E-state index in [4.69, 9.17) is 4.52 Å². The molecule has 2 aromatic rings. The molecule has 0 bridgehead atoms. The molecule has 2 heterocycles. The molecule has 0 amide bonds. The van der Waals surface area contributed by atoms with Crippen LogP contribution in [0.4, 0.5) is 0 Å². The Hall–Kier alpha value is -1.75. The van der Waals surface area contributed by atoms with E-state index in [1.807, 2.05) is 6.92 Å². The number of carbonyl (C=O) groups excluding carboxylic acids is 2. The van der Waals surface area contributed by atoms with Gasteiger partial charge in [-0.2, -0.15) is 0 Å². The lowest BCUT2D eigenvalue weighted by Gasteiger charge is -1.95. The van der Waals surface area contributed by atoms with E-state index >= 15 is 0 Å². The van der Waals surface area contributed by atoms with Gasteiger partial charge in [-0.3, -0.25) is 9.59 Å². The minimum Gasteiger partial charge on any atom is -0.361 e. The molecule has 2 aromatic heterocycles. The van der Waals surface area contributed by atoms with Crippen molar-refractivity contribution in [2.24, 2.45) is 0 Å². The Balaban J connectivity index is 2.47. The normalized spacial score (nSPS) is 10.5. The Bertz CT molecular complexity index is 575. The number of hydrogen-bond acceptors (Lipinski definition) is 5. The molecule has 0 spiro atoms. The second-order valence-electron chi connectivity index (χ2n) is 3.77. The fourth-order valence-corrected chi connectivity index (χ4v) is 2.59. The second-order valence-corrected chi connectivity index (χ2v) is 5.02. The monoisotopic (exact) mass is 249 g/mol. The van der Waals surface area contributed by atoms with E-state index in [0.717, 1.165) is 11.2 Å². The Morgan fingerprint density at radius 3 is 2.59 bits per heavy atom. The summed E-state index contributed by atoms with van der Waals surface area (Å²) in [4.78, 5) is 24.4. The lowest BCUT2D eigenvalue weighted by Crippen LogP contribution is -2.01. The number of aromatic nitrogens is 1. The van der Waals surface area contributed by atoms with Gasteiger partial charge in [-0.05, 0) is 26.8 Å². The molecule has 0 aliphatic carbocycles. The van der Waals surface area contributed by atoms with E-state index < -0.39 is 0 Å². The average molecular weight is 249 g/mol. The van der Waals surface area contributed by atoms with Gasteiger partial charge in [0.15, 0.2) is 6.29 Å². The zero-order chi connectivity index (χ0) is 12.6. The van der Waals surface area contributed by atoms with Gasteiger partial charge in [-0.25, -0.2) is 0 Å². The van der Waals surface area contributed by atoms with Crippen molar-refractivity contribution in [1.29, 1.82) is 0 Å². The van der Waals surface area contributed by atoms with Gasteiger partial charge in [0.1, 0.15) is 5.76 Å². The van der Waals surface area contributed by atoms with Crippen molar-refractivity contribution < 1.29 is 14.1 Å². The molecule has 2 rings (SSSR count). The summed E-state index contributed by atoms with van der Waals surface area (Å²) >= 11 is 1.31. The Morgan fingerprint density at radius 1 is 1.41 bits per heavy atom. The fraction of sp³-hybridized carbons (Fsp3) is 0.250. The van der Waals surface area contributed by atoms with E-state index in [1.165, 1.54) is 11.3 Å². The molecule has 0 atom stereocenters. The lowest BCUT2D eigenvalue weighted by molar-refractivity contribution is 0.104. The van der Waals surface area contributed by atoms with E-state index in [-0.39, 0.29) is 5.78 Å². The van der Waals surface area contributed by atoms with Crippen LogP contribution < -0.4 is 0 Å². The van der Waals surface area contributed by atoms with Crippen LogP contribution in [-0.4, -0.2) is 17.2 Å². The van der Waals surface area contributed by atoms with Gasteiger partial charge in [0.2, 0.25) is 5.78 Å². The van der Waals surface area contributed by atoms with Gasteiger partial charge in [-0.15, -0.1) is 11.3 Å². The zero-order valence-corrected chi connectivity index (χ0v) is 10.6. The van der Waals surface area contributed by atoms with Crippen LogP contribution in [0.1, 0.15) is 41.9 Å². The highest BCUT2D eigenvalue weighted by atomic mass is 32.1. The molecule has 0 fully saturated rings. The molecule has 5 heteroatoms. The number of carbonyl (C=O) groups is 2. The number of nitrogens with zero attached hydrogens (tertiary/aromatic N) is 1. The molecule has 0 aliphatic rings. The SMILES string of the molecule is Cc1noc(C)c1C(=O)c1cc(C=O)c(C)s1. The predicted molar refractivity (Wildman–Crippen MR) is 63.9 cm³/mol. The van der Waals surface area contributed by atoms with Crippen LogP contribution in [0.3, 0.4) is 0 Å². The summed E-state index contributed by atoms with van der Waals surface area (Å²) in [7, 11) is 0. The van der Waals surface area contributed by atoms with Crippen LogP contribution in [0.15, 0.2) is 10.6 Å². The standard InChI is InChI=1S/C12H11NO3S/c1-6-11(7(2)16-13-6)12(15)10-4-9(5-14)8(3)17-10/h4-5H,1-3H3. The number of rotatable bonds is 3. The van der Waals surface area contributed by atoms with E-state index in [9.17, 15) is 9.59 Å². The van der Waals surface area contributed by atoms with Crippen molar-refractivity contribution >= 4 is 23.4 Å². The smallest absolute Gasteiger partial charge is 0.208 e. The molecule has 0 aromatic carbocycles. The minimum absolute atomic E-state index is 0.137. The minimum atomic E-state index is -0.137. The first kappa shape index (κ1) is 11.7.